The standard InChI is InChI=1S/C32H36N4O3/c1-22-13-15-33-23(2)31(22)32(38)36-20-26-18-35(19-27(26)21-36)16-14-29(25-7-5-4-6-8-25)34-30(37)17-24-9-11-28(39-3)12-10-24/h4-13,15,20,27,29H,14,16-19,21H2,1-3H3,(H,34,37)/t27?,29-/m0/s1. The van der Waals surface area contributed by atoms with Gasteiger partial charge in [-0.3, -0.25) is 19.5 Å². The van der Waals surface area contributed by atoms with Crippen LogP contribution in [0, 0.1) is 19.8 Å². The fourth-order valence-electron chi connectivity index (χ4n) is 5.66. The number of likely N-dealkylation sites (tertiary alicyclic amines) is 1. The number of amides is 2. The minimum absolute atomic E-state index is 0.00478. The van der Waals surface area contributed by atoms with Crippen LogP contribution < -0.4 is 10.1 Å². The maximum atomic E-state index is 13.2. The molecule has 0 bridgehead atoms. The Bertz CT molecular complexity index is 1330. The van der Waals surface area contributed by atoms with Crippen molar-refractivity contribution in [3.05, 3.63) is 107 Å². The summed E-state index contributed by atoms with van der Waals surface area (Å²) in [5.41, 5.74) is 5.82. The highest BCUT2D eigenvalue weighted by molar-refractivity contribution is 5.97. The van der Waals surface area contributed by atoms with Gasteiger partial charge in [-0.1, -0.05) is 42.5 Å². The van der Waals surface area contributed by atoms with Gasteiger partial charge in [0.2, 0.25) is 5.91 Å². The maximum Gasteiger partial charge on any atom is 0.259 e. The number of carbonyl (C=O) groups excluding carboxylic acids is 2. The van der Waals surface area contributed by atoms with Gasteiger partial charge in [0.25, 0.3) is 5.91 Å². The summed E-state index contributed by atoms with van der Waals surface area (Å²) in [5.74, 6) is 1.17. The Kier molecular flexibility index (Phi) is 8.07. The van der Waals surface area contributed by atoms with Crippen LogP contribution in [0.3, 0.4) is 0 Å². The summed E-state index contributed by atoms with van der Waals surface area (Å²) >= 11 is 0. The lowest BCUT2D eigenvalue weighted by Crippen LogP contribution is -2.34. The third kappa shape index (κ3) is 6.20. The molecule has 202 valence electrons. The fraction of sp³-hybridized carbons (Fsp3) is 0.344. The van der Waals surface area contributed by atoms with Crippen molar-refractivity contribution in [2.75, 3.05) is 33.3 Å². The molecule has 2 amide bonds. The molecule has 7 heteroatoms. The van der Waals surface area contributed by atoms with Crippen LogP contribution in [0.4, 0.5) is 0 Å². The van der Waals surface area contributed by atoms with Crippen LogP contribution in [0.1, 0.15) is 45.2 Å². The van der Waals surface area contributed by atoms with E-state index < -0.39 is 0 Å². The maximum absolute atomic E-state index is 13.2. The van der Waals surface area contributed by atoms with E-state index in [9.17, 15) is 9.59 Å². The first-order valence-corrected chi connectivity index (χ1v) is 13.5. The zero-order valence-electron chi connectivity index (χ0n) is 22.9. The predicted octanol–water partition coefficient (Wildman–Crippen LogP) is 4.47. The van der Waals surface area contributed by atoms with Crippen molar-refractivity contribution in [1.82, 2.24) is 20.1 Å². The number of carbonyl (C=O) groups is 2. The van der Waals surface area contributed by atoms with E-state index in [1.165, 1.54) is 5.57 Å². The first kappa shape index (κ1) is 26.6. The Balaban J connectivity index is 1.19. The summed E-state index contributed by atoms with van der Waals surface area (Å²) in [5, 5.41) is 3.27. The van der Waals surface area contributed by atoms with Gasteiger partial charge in [0.05, 0.1) is 30.8 Å². The monoisotopic (exact) mass is 524 g/mol. The zero-order valence-corrected chi connectivity index (χ0v) is 22.9. The summed E-state index contributed by atoms with van der Waals surface area (Å²) in [6.45, 7) is 7.20. The summed E-state index contributed by atoms with van der Waals surface area (Å²) in [6, 6.07) is 19.6. The first-order valence-electron chi connectivity index (χ1n) is 13.5. The Morgan fingerprint density at radius 3 is 2.51 bits per heavy atom. The fourth-order valence-corrected chi connectivity index (χ4v) is 5.66. The van der Waals surface area contributed by atoms with E-state index >= 15 is 0 Å². The molecule has 0 radical (unpaired) electrons. The predicted molar refractivity (Wildman–Crippen MR) is 151 cm³/mol. The highest BCUT2D eigenvalue weighted by Gasteiger charge is 2.36. The van der Waals surface area contributed by atoms with Crippen LogP contribution >= 0.6 is 0 Å². The quantitative estimate of drug-likeness (QED) is 0.447. The third-order valence-corrected chi connectivity index (χ3v) is 7.77. The number of nitrogens with one attached hydrogen (secondary N) is 1. The van der Waals surface area contributed by atoms with Crippen molar-refractivity contribution in [3.63, 3.8) is 0 Å². The molecule has 1 saturated heterocycles. The van der Waals surface area contributed by atoms with E-state index in [0.717, 1.165) is 54.2 Å². The Hall–Kier alpha value is -3.97. The number of aromatic nitrogens is 1. The van der Waals surface area contributed by atoms with Crippen molar-refractivity contribution >= 4 is 11.8 Å². The van der Waals surface area contributed by atoms with Gasteiger partial charge in [-0.15, -0.1) is 0 Å². The van der Waals surface area contributed by atoms with Crippen molar-refractivity contribution in [2.24, 2.45) is 5.92 Å². The number of hydrogen-bond donors (Lipinski definition) is 1. The molecule has 3 aromatic rings. The smallest absolute Gasteiger partial charge is 0.259 e. The van der Waals surface area contributed by atoms with Crippen molar-refractivity contribution in [2.45, 2.75) is 32.7 Å². The lowest BCUT2D eigenvalue weighted by Gasteiger charge is -2.24. The highest BCUT2D eigenvalue weighted by Crippen LogP contribution is 2.32. The summed E-state index contributed by atoms with van der Waals surface area (Å²) < 4.78 is 5.22. The summed E-state index contributed by atoms with van der Waals surface area (Å²) in [4.78, 5) is 34.8. The molecule has 0 spiro atoms. The van der Waals surface area contributed by atoms with Crippen molar-refractivity contribution in [3.8, 4) is 5.75 Å². The molecular formula is C32H36N4O3. The van der Waals surface area contributed by atoms with Gasteiger partial charge < -0.3 is 15.0 Å². The third-order valence-electron chi connectivity index (χ3n) is 7.77. The van der Waals surface area contributed by atoms with Crippen LogP contribution in [0.5, 0.6) is 5.75 Å². The number of nitrogens with zero attached hydrogens (tertiary/aromatic N) is 3. The molecule has 2 atom stereocenters. The highest BCUT2D eigenvalue weighted by atomic mass is 16.5. The van der Waals surface area contributed by atoms with Crippen LogP contribution in [0.2, 0.25) is 0 Å². The van der Waals surface area contributed by atoms with E-state index in [-0.39, 0.29) is 17.9 Å². The summed E-state index contributed by atoms with van der Waals surface area (Å²) in [7, 11) is 1.63. The van der Waals surface area contributed by atoms with Crippen molar-refractivity contribution in [1.29, 1.82) is 0 Å². The minimum Gasteiger partial charge on any atom is -0.497 e. The average Bonchev–Trinajstić information content (AvgIpc) is 3.51. The molecular weight excluding hydrogens is 488 g/mol. The molecule has 1 unspecified atom stereocenters. The van der Waals surface area contributed by atoms with Crippen LogP contribution in [-0.4, -0.2) is 59.9 Å². The molecule has 39 heavy (non-hydrogen) atoms. The Morgan fingerprint density at radius 2 is 1.82 bits per heavy atom. The second-order valence-electron chi connectivity index (χ2n) is 10.5. The van der Waals surface area contributed by atoms with Gasteiger partial charge >= 0.3 is 0 Å². The topological polar surface area (TPSA) is 74.8 Å². The number of hydrogen-bond acceptors (Lipinski definition) is 5. The van der Waals surface area contributed by atoms with Gasteiger partial charge in [0.15, 0.2) is 0 Å². The van der Waals surface area contributed by atoms with Gasteiger partial charge in [-0.2, -0.15) is 0 Å². The number of ether oxygens (including phenoxy) is 1. The average molecular weight is 525 g/mol. The van der Waals surface area contributed by atoms with Gasteiger partial charge in [-0.25, -0.2) is 0 Å². The molecule has 0 aliphatic carbocycles. The van der Waals surface area contributed by atoms with Crippen LogP contribution in [-0.2, 0) is 11.2 Å². The number of rotatable bonds is 9. The number of fused-ring (bicyclic) bond motifs is 1. The zero-order chi connectivity index (χ0) is 27.4. The van der Waals surface area contributed by atoms with Gasteiger partial charge in [-0.05, 0) is 60.7 Å². The minimum atomic E-state index is -0.0685. The summed E-state index contributed by atoms with van der Waals surface area (Å²) in [6.07, 6.45) is 4.94. The molecule has 7 nitrogen and oxygen atoms in total. The van der Waals surface area contributed by atoms with E-state index in [0.29, 0.717) is 24.4 Å². The Morgan fingerprint density at radius 1 is 1.05 bits per heavy atom. The first-order chi connectivity index (χ1) is 18.9. The van der Waals surface area contributed by atoms with Crippen molar-refractivity contribution < 1.29 is 14.3 Å². The van der Waals surface area contributed by atoms with E-state index in [2.05, 4.69) is 27.3 Å². The van der Waals surface area contributed by atoms with E-state index in [1.54, 1.807) is 13.3 Å². The molecule has 2 aromatic carbocycles. The SMILES string of the molecule is COc1ccc(CC(=O)N[C@@H](CCN2CC3=CN(C(=O)c4c(C)ccnc4C)CC3C2)c2ccccc2)cc1. The lowest BCUT2D eigenvalue weighted by atomic mass is 10.0. The molecule has 0 saturated carbocycles. The molecule has 1 aromatic heterocycles. The molecule has 2 aliphatic rings. The largest absolute Gasteiger partial charge is 0.497 e. The van der Waals surface area contributed by atoms with Crippen LogP contribution in [0.15, 0.2) is 78.6 Å². The molecule has 1 fully saturated rings. The molecule has 1 N–H and O–H groups in total. The van der Waals surface area contributed by atoms with Gasteiger partial charge in [0, 0.05) is 44.5 Å². The molecule has 5 rings (SSSR count). The molecule has 2 aliphatic heterocycles. The number of aryl methyl sites for hydroxylation is 2. The number of methoxy groups -OCH3 is 1. The van der Waals surface area contributed by atoms with E-state index in [1.807, 2.05) is 73.5 Å². The number of pyridine rings is 1. The normalized spacial score (nSPS) is 17.5. The number of benzene rings is 2. The van der Waals surface area contributed by atoms with Crippen LogP contribution in [0.25, 0.3) is 0 Å². The second kappa shape index (κ2) is 11.8. The van der Waals surface area contributed by atoms with E-state index in [4.69, 9.17) is 4.74 Å². The second-order valence-corrected chi connectivity index (χ2v) is 10.5. The Labute approximate surface area is 230 Å². The van der Waals surface area contributed by atoms with Gasteiger partial charge in [0.1, 0.15) is 5.75 Å². The lowest BCUT2D eigenvalue weighted by molar-refractivity contribution is -0.121. The molecule has 3 heterocycles.